The van der Waals surface area contributed by atoms with Gasteiger partial charge in [-0.25, -0.2) is 9.37 Å². The van der Waals surface area contributed by atoms with Crippen molar-refractivity contribution in [1.29, 1.82) is 0 Å². The lowest BCUT2D eigenvalue weighted by molar-refractivity contribution is 0.511. The molecule has 2 aromatic rings. The second-order valence-corrected chi connectivity index (χ2v) is 5.60. The van der Waals surface area contributed by atoms with Crippen LogP contribution >= 0.6 is 15.9 Å². The predicted molar refractivity (Wildman–Crippen MR) is 81.4 cm³/mol. The third-order valence-electron chi connectivity index (χ3n) is 3.26. The number of rotatable bonds is 7. The Balaban J connectivity index is 2.01. The first-order valence-corrected chi connectivity index (χ1v) is 8.02. The Labute approximate surface area is 127 Å². The normalized spacial score (nSPS) is 12.6. The van der Waals surface area contributed by atoms with E-state index in [4.69, 9.17) is 0 Å². The molecule has 0 saturated heterocycles. The highest BCUT2D eigenvalue weighted by atomic mass is 79.9. The molecule has 0 fully saturated rings. The molecule has 1 unspecified atom stereocenters. The summed E-state index contributed by atoms with van der Waals surface area (Å²) in [5, 5.41) is 5.14. The molecule has 2 rings (SSSR count). The van der Waals surface area contributed by atoms with Crippen molar-refractivity contribution in [2.45, 2.75) is 32.7 Å². The molecule has 0 N–H and O–H groups in total. The summed E-state index contributed by atoms with van der Waals surface area (Å²) in [6.45, 7) is 3.03. The first-order chi connectivity index (χ1) is 9.72. The van der Waals surface area contributed by atoms with Gasteiger partial charge in [0, 0.05) is 18.3 Å². The molecule has 0 bridgehead atoms. The van der Waals surface area contributed by atoms with E-state index in [1.54, 1.807) is 6.33 Å². The van der Waals surface area contributed by atoms with Crippen molar-refractivity contribution in [3.63, 3.8) is 0 Å². The summed E-state index contributed by atoms with van der Waals surface area (Å²) in [7, 11) is 0. The van der Waals surface area contributed by atoms with Gasteiger partial charge in [-0.1, -0.05) is 35.0 Å². The molecule has 108 valence electrons. The zero-order valence-electron chi connectivity index (χ0n) is 11.6. The maximum Gasteiger partial charge on any atom is 0.138 e. The average Bonchev–Trinajstić information content (AvgIpc) is 2.88. The van der Waals surface area contributed by atoms with Gasteiger partial charge in [-0.05, 0) is 36.5 Å². The number of nitrogens with zero attached hydrogens (tertiary/aromatic N) is 3. The van der Waals surface area contributed by atoms with Gasteiger partial charge in [0.1, 0.15) is 18.0 Å². The SMILES string of the molecule is CCCn1ncnc1CC(CBr)Cc1ccc(F)cc1. The van der Waals surface area contributed by atoms with Crippen molar-refractivity contribution in [3.8, 4) is 0 Å². The number of hydrogen-bond donors (Lipinski definition) is 0. The van der Waals surface area contributed by atoms with Crippen LogP contribution in [0.4, 0.5) is 4.39 Å². The van der Waals surface area contributed by atoms with E-state index in [1.807, 2.05) is 16.8 Å². The van der Waals surface area contributed by atoms with Gasteiger partial charge >= 0.3 is 0 Å². The van der Waals surface area contributed by atoms with Crippen molar-refractivity contribution in [2.24, 2.45) is 5.92 Å². The molecule has 0 amide bonds. The number of aryl methyl sites for hydroxylation is 1. The minimum absolute atomic E-state index is 0.188. The van der Waals surface area contributed by atoms with E-state index in [0.717, 1.165) is 42.5 Å². The van der Waals surface area contributed by atoms with E-state index in [0.29, 0.717) is 5.92 Å². The lowest BCUT2D eigenvalue weighted by Crippen LogP contribution is -2.15. The van der Waals surface area contributed by atoms with Crippen LogP contribution in [0.5, 0.6) is 0 Å². The van der Waals surface area contributed by atoms with Crippen LogP contribution < -0.4 is 0 Å². The van der Waals surface area contributed by atoms with Crippen LogP contribution in [0.3, 0.4) is 0 Å². The summed E-state index contributed by atoms with van der Waals surface area (Å²) in [5.41, 5.74) is 1.15. The largest absolute Gasteiger partial charge is 0.250 e. The Bertz CT molecular complexity index is 524. The molecular formula is C15H19BrFN3. The molecule has 1 heterocycles. The molecule has 0 radical (unpaired) electrons. The fourth-order valence-electron chi connectivity index (χ4n) is 2.24. The van der Waals surface area contributed by atoms with E-state index in [1.165, 1.54) is 12.1 Å². The van der Waals surface area contributed by atoms with Gasteiger partial charge in [0.2, 0.25) is 0 Å². The quantitative estimate of drug-likeness (QED) is 0.721. The Morgan fingerprint density at radius 1 is 1.25 bits per heavy atom. The molecular weight excluding hydrogens is 321 g/mol. The topological polar surface area (TPSA) is 30.7 Å². The summed E-state index contributed by atoms with van der Waals surface area (Å²) in [6, 6.07) is 6.73. The maximum absolute atomic E-state index is 12.9. The highest BCUT2D eigenvalue weighted by Crippen LogP contribution is 2.16. The highest BCUT2D eigenvalue weighted by molar-refractivity contribution is 9.09. The number of aromatic nitrogens is 3. The molecule has 0 aliphatic carbocycles. The number of benzene rings is 1. The molecule has 20 heavy (non-hydrogen) atoms. The minimum atomic E-state index is -0.188. The van der Waals surface area contributed by atoms with E-state index in [9.17, 15) is 4.39 Å². The van der Waals surface area contributed by atoms with Crippen LogP contribution in [0.25, 0.3) is 0 Å². The lowest BCUT2D eigenvalue weighted by atomic mass is 9.97. The standard InChI is InChI=1S/C15H19BrFN3/c1-2-7-20-15(18-11-19-20)9-13(10-16)8-12-3-5-14(17)6-4-12/h3-6,11,13H,2,7-10H2,1H3. The van der Waals surface area contributed by atoms with Gasteiger partial charge in [0.25, 0.3) is 0 Å². The molecule has 0 saturated carbocycles. The van der Waals surface area contributed by atoms with E-state index < -0.39 is 0 Å². The second-order valence-electron chi connectivity index (χ2n) is 4.95. The highest BCUT2D eigenvalue weighted by Gasteiger charge is 2.13. The Morgan fingerprint density at radius 3 is 2.65 bits per heavy atom. The zero-order chi connectivity index (χ0) is 14.4. The van der Waals surface area contributed by atoms with Crippen LogP contribution in [0.2, 0.25) is 0 Å². The molecule has 1 atom stereocenters. The monoisotopic (exact) mass is 339 g/mol. The summed E-state index contributed by atoms with van der Waals surface area (Å²) >= 11 is 3.57. The average molecular weight is 340 g/mol. The second kappa shape index (κ2) is 7.53. The van der Waals surface area contributed by atoms with Crippen LogP contribution in [-0.4, -0.2) is 20.1 Å². The van der Waals surface area contributed by atoms with E-state index in [2.05, 4.69) is 32.9 Å². The van der Waals surface area contributed by atoms with Crippen LogP contribution in [0, 0.1) is 11.7 Å². The first-order valence-electron chi connectivity index (χ1n) is 6.90. The van der Waals surface area contributed by atoms with Crippen molar-refractivity contribution in [1.82, 2.24) is 14.8 Å². The minimum Gasteiger partial charge on any atom is -0.250 e. The fourth-order valence-corrected chi connectivity index (χ4v) is 2.70. The third-order valence-corrected chi connectivity index (χ3v) is 4.17. The van der Waals surface area contributed by atoms with Crippen LogP contribution in [0.15, 0.2) is 30.6 Å². The van der Waals surface area contributed by atoms with E-state index >= 15 is 0 Å². The van der Waals surface area contributed by atoms with Crippen molar-refractivity contribution >= 4 is 15.9 Å². The smallest absolute Gasteiger partial charge is 0.138 e. The van der Waals surface area contributed by atoms with Gasteiger partial charge in [-0.15, -0.1) is 0 Å². The van der Waals surface area contributed by atoms with Crippen molar-refractivity contribution in [3.05, 3.63) is 47.8 Å². The molecule has 5 heteroatoms. The van der Waals surface area contributed by atoms with Crippen LogP contribution in [-0.2, 0) is 19.4 Å². The maximum atomic E-state index is 12.9. The van der Waals surface area contributed by atoms with Crippen molar-refractivity contribution < 1.29 is 4.39 Å². The summed E-state index contributed by atoms with van der Waals surface area (Å²) < 4.78 is 14.9. The molecule has 1 aromatic heterocycles. The van der Waals surface area contributed by atoms with Gasteiger partial charge in [0.15, 0.2) is 0 Å². The molecule has 0 spiro atoms. The first kappa shape index (κ1) is 15.2. The third kappa shape index (κ3) is 4.13. The van der Waals surface area contributed by atoms with E-state index in [-0.39, 0.29) is 5.82 Å². The summed E-state index contributed by atoms with van der Waals surface area (Å²) in [6.07, 6.45) is 4.45. The van der Waals surface area contributed by atoms with Crippen LogP contribution in [0.1, 0.15) is 24.7 Å². The molecule has 0 aliphatic heterocycles. The molecule has 3 nitrogen and oxygen atoms in total. The molecule has 0 aliphatic rings. The number of halogens is 2. The summed E-state index contributed by atoms with van der Waals surface area (Å²) in [5.74, 6) is 1.27. The number of alkyl halides is 1. The Morgan fingerprint density at radius 2 is 2.00 bits per heavy atom. The van der Waals surface area contributed by atoms with Crippen molar-refractivity contribution in [2.75, 3.05) is 5.33 Å². The zero-order valence-corrected chi connectivity index (χ0v) is 13.2. The Kier molecular flexibility index (Phi) is 5.71. The van der Waals surface area contributed by atoms with Gasteiger partial charge in [0.05, 0.1) is 0 Å². The van der Waals surface area contributed by atoms with Gasteiger partial charge in [-0.2, -0.15) is 5.10 Å². The molecule has 1 aromatic carbocycles. The number of hydrogen-bond acceptors (Lipinski definition) is 2. The fraction of sp³-hybridized carbons (Fsp3) is 0.467. The summed E-state index contributed by atoms with van der Waals surface area (Å²) in [4.78, 5) is 4.35. The van der Waals surface area contributed by atoms with Gasteiger partial charge in [-0.3, -0.25) is 4.68 Å². The predicted octanol–water partition coefficient (Wildman–Crippen LogP) is 3.62. The lowest BCUT2D eigenvalue weighted by Gasteiger charge is -2.14. The van der Waals surface area contributed by atoms with Gasteiger partial charge < -0.3 is 0 Å². The Hall–Kier alpha value is -1.23.